The van der Waals surface area contributed by atoms with Gasteiger partial charge in [0.25, 0.3) is 0 Å². The molecule has 5 nitrogen and oxygen atoms in total. The summed E-state index contributed by atoms with van der Waals surface area (Å²) in [6.07, 6.45) is 5.56. The maximum atomic E-state index is 5.80. The van der Waals surface area contributed by atoms with E-state index in [9.17, 15) is 0 Å². The van der Waals surface area contributed by atoms with Crippen molar-refractivity contribution in [2.75, 3.05) is 19.8 Å². The van der Waals surface area contributed by atoms with E-state index in [1.165, 1.54) is 12.8 Å². The van der Waals surface area contributed by atoms with Crippen LogP contribution in [0.25, 0.3) is 0 Å². The topological polar surface area (TPSA) is 74.2 Å². The molecule has 0 spiro atoms. The number of nitrogens with zero attached hydrogens (tertiary/aromatic N) is 2. The third-order valence-corrected chi connectivity index (χ3v) is 4.32. The minimum Gasteiger partial charge on any atom is -0.381 e. The maximum absolute atomic E-state index is 5.80. The van der Waals surface area contributed by atoms with Crippen LogP contribution in [0.3, 0.4) is 0 Å². The van der Waals surface area contributed by atoms with Crippen LogP contribution in [0.2, 0.25) is 0 Å². The van der Waals surface area contributed by atoms with Gasteiger partial charge in [-0.05, 0) is 38.1 Å². The number of nitrogens with two attached hydrogens (primary N) is 1. The predicted molar refractivity (Wildman–Crippen MR) is 66.2 cm³/mol. The van der Waals surface area contributed by atoms with E-state index in [-0.39, 0.29) is 0 Å². The minimum atomic E-state index is 0.385. The lowest BCUT2D eigenvalue weighted by Gasteiger charge is -2.18. The van der Waals surface area contributed by atoms with Crippen LogP contribution in [-0.4, -0.2) is 29.9 Å². The lowest BCUT2D eigenvalue weighted by atomic mass is 9.96. The SMILES string of the molecule is NCC1CCCC1c1nc(C2CCOCC2)no1. The molecular formula is C13H21N3O2. The summed E-state index contributed by atoms with van der Waals surface area (Å²) in [5, 5.41) is 4.17. The third kappa shape index (κ3) is 2.29. The molecule has 3 rings (SSSR count). The van der Waals surface area contributed by atoms with E-state index in [0.29, 0.717) is 17.8 Å². The summed E-state index contributed by atoms with van der Waals surface area (Å²) in [7, 11) is 0. The monoisotopic (exact) mass is 251 g/mol. The number of rotatable bonds is 3. The summed E-state index contributed by atoms with van der Waals surface area (Å²) in [4.78, 5) is 4.63. The van der Waals surface area contributed by atoms with Crippen molar-refractivity contribution in [2.45, 2.75) is 43.9 Å². The fraction of sp³-hybridized carbons (Fsp3) is 0.846. The molecule has 0 aromatic carbocycles. The average molecular weight is 251 g/mol. The number of ether oxygens (including phenoxy) is 1. The first-order chi connectivity index (χ1) is 8.88. The zero-order valence-corrected chi connectivity index (χ0v) is 10.7. The Morgan fingerprint density at radius 3 is 2.78 bits per heavy atom. The molecule has 2 atom stereocenters. The van der Waals surface area contributed by atoms with Crippen LogP contribution in [-0.2, 0) is 4.74 Å². The zero-order valence-electron chi connectivity index (χ0n) is 10.7. The van der Waals surface area contributed by atoms with Crippen molar-refractivity contribution in [3.8, 4) is 0 Å². The van der Waals surface area contributed by atoms with E-state index in [0.717, 1.165) is 50.7 Å². The Balaban J connectivity index is 1.72. The van der Waals surface area contributed by atoms with Crippen molar-refractivity contribution in [2.24, 2.45) is 11.7 Å². The predicted octanol–water partition coefficient (Wildman–Crippen LogP) is 1.81. The molecule has 2 N–H and O–H groups in total. The van der Waals surface area contributed by atoms with Crippen LogP contribution in [0, 0.1) is 5.92 Å². The van der Waals surface area contributed by atoms with Gasteiger partial charge in [-0.25, -0.2) is 0 Å². The third-order valence-electron chi connectivity index (χ3n) is 4.32. The smallest absolute Gasteiger partial charge is 0.230 e. The summed E-state index contributed by atoms with van der Waals surface area (Å²) in [6.45, 7) is 2.34. The van der Waals surface area contributed by atoms with Crippen LogP contribution in [0.5, 0.6) is 0 Å². The van der Waals surface area contributed by atoms with Crippen LogP contribution in [0.1, 0.15) is 55.7 Å². The van der Waals surface area contributed by atoms with Gasteiger partial charge in [-0.2, -0.15) is 4.98 Å². The van der Waals surface area contributed by atoms with E-state index in [2.05, 4.69) is 10.1 Å². The fourth-order valence-electron chi connectivity index (χ4n) is 3.16. The van der Waals surface area contributed by atoms with Gasteiger partial charge >= 0.3 is 0 Å². The van der Waals surface area contributed by atoms with Crippen molar-refractivity contribution < 1.29 is 9.26 Å². The van der Waals surface area contributed by atoms with E-state index < -0.39 is 0 Å². The molecule has 2 unspecified atom stereocenters. The zero-order chi connectivity index (χ0) is 12.4. The lowest BCUT2D eigenvalue weighted by molar-refractivity contribution is 0.0830. The normalized spacial score (nSPS) is 29.8. The van der Waals surface area contributed by atoms with E-state index in [1.54, 1.807) is 0 Å². The van der Waals surface area contributed by atoms with Crippen molar-refractivity contribution in [1.82, 2.24) is 10.1 Å². The molecule has 5 heteroatoms. The molecule has 100 valence electrons. The molecule has 1 aromatic heterocycles. The van der Waals surface area contributed by atoms with Gasteiger partial charge in [0.2, 0.25) is 5.89 Å². The Labute approximate surface area is 107 Å². The highest BCUT2D eigenvalue weighted by atomic mass is 16.5. The molecule has 1 saturated heterocycles. The molecule has 1 aromatic rings. The number of aromatic nitrogens is 2. The molecule has 18 heavy (non-hydrogen) atoms. The molecule has 1 saturated carbocycles. The van der Waals surface area contributed by atoms with Gasteiger partial charge in [0.15, 0.2) is 5.82 Å². The highest BCUT2D eigenvalue weighted by Crippen LogP contribution is 2.38. The Kier molecular flexibility index (Phi) is 3.61. The Morgan fingerprint density at radius 2 is 2.00 bits per heavy atom. The van der Waals surface area contributed by atoms with E-state index >= 15 is 0 Å². The van der Waals surface area contributed by atoms with Crippen molar-refractivity contribution in [3.05, 3.63) is 11.7 Å². The first kappa shape index (κ1) is 12.1. The van der Waals surface area contributed by atoms with Crippen molar-refractivity contribution in [1.29, 1.82) is 0 Å². The summed E-state index contributed by atoms with van der Waals surface area (Å²) in [5.41, 5.74) is 5.80. The molecule has 0 amide bonds. The molecular weight excluding hydrogens is 230 g/mol. The van der Waals surface area contributed by atoms with Gasteiger partial charge in [0, 0.05) is 25.0 Å². The molecule has 0 radical (unpaired) electrons. The Morgan fingerprint density at radius 1 is 1.17 bits per heavy atom. The average Bonchev–Trinajstić information content (AvgIpc) is 3.08. The largest absolute Gasteiger partial charge is 0.381 e. The first-order valence-corrected chi connectivity index (χ1v) is 7.00. The fourth-order valence-corrected chi connectivity index (χ4v) is 3.16. The summed E-state index contributed by atoms with van der Waals surface area (Å²) >= 11 is 0. The summed E-state index contributed by atoms with van der Waals surface area (Å²) in [5.74, 6) is 3.00. The van der Waals surface area contributed by atoms with Gasteiger partial charge in [0.05, 0.1) is 0 Å². The van der Waals surface area contributed by atoms with Gasteiger partial charge < -0.3 is 15.0 Å². The second-order valence-corrected chi connectivity index (χ2v) is 5.41. The van der Waals surface area contributed by atoms with Crippen molar-refractivity contribution in [3.63, 3.8) is 0 Å². The quantitative estimate of drug-likeness (QED) is 0.886. The van der Waals surface area contributed by atoms with Crippen LogP contribution in [0.15, 0.2) is 4.52 Å². The van der Waals surface area contributed by atoms with Gasteiger partial charge in [-0.3, -0.25) is 0 Å². The Hall–Kier alpha value is -0.940. The van der Waals surface area contributed by atoms with E-state index in [4.69, 9.17) is 15.0 Å². The number of hydrogen-bond donors (Lipinski definition) is 1. The van der Waals surface area contributed by atoms with Gasteiger partial charge in [-0.1, -0.05) is 11.6 Å². The van der Waals surface area contributed by atoms with Gasteiger partial charge in [-0.15, -0.1) is 0 Å². The second-order valence-electron chi connectivity index (χ2n) is 5.41. The lowest BCUT2D eigenvalue weighted by Crippen LogP contribution is -2.18. The Bertz CT molecular complexity index is 387. The second kappa shape index (κ2) is 5.36. The summed E-state index contributed by atoms with van der Waals surface area (Å²) < 4.78 is 10.8. The molecule has 1 aliphatic carbocycles. The highest BCUT2D eigenvalue weighted by molar-refractivity contribution is 5.03. The molecule has 2 aliphatic rings. The minimum absolute atomic E-state index is 0.385. The maximum Gasteiger partial charge on any atom is 0.230 e. The van der Waals surface area contributed by atoms with Crippen LogP contribution >= 0.6 is 0 Å². The highest BCUT2D eigenvalue weighted by Gasteiger charge is 2.32. The molecule has 0 bridgehead atoms. The van der Waals surface area contributed by atoms with E-state index in [1.807, 2.05) is 0 Å². The summed E-state index contributed by atoms with van der Waals surface area (Å²) in [6, 6.07) is 0. The first-order valence-electron chi connectivity index (χ1n) is 7.00. The number of hydrogen-bond acceptors (Lipinski definition) is 5. The molecule has 1 aliphatic heterocycles. The van der Waals surface area contributed by atoms with Crippen molar-refractivity contribution >= 4 is 0 Å². The standard InChI is InChI=1S/C13H21N3O2/c14-8-10-2-1-3-11(10)13-15-12(16-18-13)9-4-6-17-7-5-9/h9-11H,1-8,14H2. The molecule has 2 fully saturated rings. The van der Waals surface area contributed by atoms with Crippen LogP contribution < -0.4 is 5.73 Å². The van der Waals surface area contributed by atoms with Gasteiger partial charge in [0.1, 0.15) is 0 Å². The van der Waals surface area contributed by atoms with Crippen LogP contribution in [0.4, 0.5) is 0 Å². The molecule has 2 heterocycles.